The molecule has 0 unspecified atom stereocenters. The minimum atomic E-state index is -1.05. The zero-order valence-corrected chi connectivity index (χ0v) is 14.3. The van der Waals surface area contributed by atoms with E-state index >= 15 is 0 Å². The SMILES string of the molecule is CC(C)(O)[C@H]1CC(=O)O[C@@H]1OCc1cccc(Oc2ccccc2)c1. The summed E-state index contributed by atoms with van der Waals surface area (Å²) in [6.07, 6.45) is -0.586. The van der Waals surface area contributed by atoms with Gasteiger partial charge in [0.2, 0.25) is 6.29 Å². The van der Waals surface area contributed by atoms with Crippen LogP contribution in [0.5, 0.6) is 11.5 Å². The molecule has 1 saturated heterocycles. The first-order chi connectivity index (χ1) is 11.9. The molecular weight excluding hydrogens is 320 g/mol. The topological polar surface area (TPSA) is 65.0 Å². The molecule has 2 aromatic rings. The lowest BCUT2D eigenvalue weighted by Crippen LogP contribution is -2.37. The van der Waals surface area contributed by atoms with Crippen molar-refractivity contribution in [1.82, 2.24) is 0 Å². The maximum absolute atomic E-state index is 11.5. The van der Waals surface area contributed by atoms with Crippen molar-refractivity contribution < 1.29 is 24.1 Å². The maximum Gasteiger partial charge on any atom is 0.308 e. The molecule has 0 bridgehead atoms. The molecule has 132 valence electrons. The van der Waals surface area contributed by atoms with Crippen molar-refractivity contribution in [3.05, 3.63) is 60.2 Å². The lowest BCUT2D eigenvalue weighted by Gasteiger charge is -2.28. The average Bonchev–Trinajstić information content (AvgIpc) is 2.96. The van der Waals surface area contributed by atoms with E-state index in [1.807, 2.05) is 54.6 Å². The van der Waals surface area contributed by atoms with Crippen molar-refractivity contribution in [2.45, 2.75) is 38.8 Å². The summed E-state index contributed by atoms with van der Waals surface area (Å²) in [5.74, 6) is 0.726. The Labute approximate surface area is 147 Å². The highest BCUT2D eigenvalue weighted by Crippen LogP contribution is 2.33. The molecule has 0 amide bonds. The zero-order chi connectivity index (χ0) is 17.9. The van der Waals surface area contributed by atoms with Crippen molar-refractivity contribution in [2.75, 3.05) is 0 Å². The fraction of sp³-hybridized carbons (Fsp3) is 0.350. The van der Waals surface area contributed by atoms with Crippen LogP contribution in [0.3, 0.4) is 0 Å². The minimum absolute atomic E-state index is 0.158. The van der Waals surface area contributed by atoms with Crippen molar-refractivity contribution in [1.29, 1.82) is 0 Å². The highest BCUT2D eigenvalue weighted by atomic mass is 16.7. The molecule has 0 aromatic heterocycles. The Morgan fingerprint density at radius 3 is 2.56 bits per heavy atom. The Bertz CT molecular complexity index is 720. The van der Waals surface area contributed by atoms with E-state index in [4.69, 9.17) is 14.2 Å². The molecule has 5 nitrogen and oxygen atoms in total. The van der Waals surface area contributed by atoms with Crippen LogP contribution in [0, 0.1) is 5.92 Å². The molecule has 2 atom stereocenters. The van der Waals surface area contributed by atoms with Gasteiger partial charge in [0.1, 0.15) is 11.5 Å². The molecule has 1 heterocycles. The van der Waals surface area contributed by atoms with Gasteiger partial charge in [-0.25, -0.2) is 0 Å². The number of ether oxygens (including phenoxy) is 3. The number of esters is 1. The normalized spacial score (nSPS) is 20.4. The lowest BCUT2D eigenvalue weighted by atomic mass is 9.89. The number of aliphatic hydroxyl groups is 1. The Hall–Kier alpha value is -2.37. The van der Waals surface area contributed by atoms with E-state index in [1.165, 1.54) is 0 Å². The van der Waals surface area contributed by atoms with Gasteiger partial charge >= 0.3 is 5.97 Å². The summed E-state index contributed by atoms with van der Waals surface area (Å²) in [6.45, 7) is 3.57. The van der Waals surface area contributed by atoms with Crippen molar-refractivity contribution >= 4 is 5.97 Å². The summed E-state index contributed by atoms with van der Waals surface area (Å²) in [6, 6.07) is 17.1. The van der Waals surface area contributed by atoms with Gasteiger partial charge in [0.25, 0.3) is 0 Å². The third-order valence-corrected chi connectivity index (χ3v) is 4.16. The van der Waals surface area contributed by atoms with E-state index in [9.17, 15) is 9.90 Å². The van der Waals surface area contributed by atoms with E-state index in [2.05, 4.69) is 0 Å². The Kier molecular flexibility index (Phi) is 5.06. The summed E-state index contributed by atoms with van der Waals surface area (Å²) in [7, 11) is 0. The van der Waals surface area contributed by atoms with E-state index in [-0.39, 0.29) is 24.9 Å². The molecular formula is C20H22O5. The van der Waals surface area contributed by atoms with Crippen molar-refractivity contribution in [2.24, 2.45) is 5.92 Å². The Balaban J connectivity index is 1.63. The number of hydrogen-bond acceptors (Lipinski definition) is 5. The van der Waals surface area contributed by atoms with Crippen LogP contribution in [-0.4, -0.2) is 23.0 Å². The van der Waals surface area contributed by atoms with E-state index in [1.54, 1.807) is 13.8 Å². The molecule has 3 rings (SSSR count). The van der Waals surface area contributed by atoms with Crippen LogP contribution < -0.4 is 4.74 Å². The van der Waals surface area contributed by atoms with Crippen LogP contribution in [0.15, 0.2) is 54.6 Å². The molecule has 1 N–H and O–H groups in total. The predicted molar refractivity (Wildman–Crippen MR) is 92.0 cm³/mol. The van der Waals surface area contributed by atoms with Gasteiger partial charge in [-0.1, -0.05) is 30.3 Å². The van der Waals surface area contributed by atoms with Gasteiger partial charge in [-0.3, -0.25) is 4.79 Å². The molecule has 0 spiro atoms. The van der Waals surface area contributed by atoms with Gasteiger partial charge < -0.3 is 19.3 Å². The second kappa shape index (κ2) is 7.25. The molecule has 25 heavy (non-hydrogen) atoms. The second-order valence-electron chi connectivity index (χ2n) is 6.70. The highest BCUT2D eigenvalue weighted by Gasteiger charge is 2.44. The minimum Gasteiger partial charge on any atom is -0.457 e. The van der Waals surface area contributed by atoms with E-state index < -0.39 is 11.9 Å². The molecule has 2 aromatic carbocycles. The molecule has 1 aliphatic heterocycles. The first kappa shape index (κ1) is 17.5. The fourth-order valence-electron chi connectivity index (χ4n) is 2.77. The average molecular weight is 342 g/mol. The van der Waals surface area contributed by atoms with Gasteiger partial charge in [0.15, 0.2) is 0 Å². The molecule has 1 fully saturated rings. The zero-order valence-electron chi connectivity index (χ0n) is 14.3. The quantitative estimate of drug-likeness (QED) is 0.812. The Morgan fingerprint density at radius 2 is 1.84 bits per heavy atom. The number of carbonyl (C=O) groups excluding carboxylic acids is 1. The summed E-state index contributed by atoms with van der Waals surface area (Å²) >= 11 is 0. The van der Waals surface area contributed by atoms with Crippen LogP contribution in [0.4, 0.5) is 0 Å². The smallest absolute Gasteiger partial charge is 0.308 e. The number of para-hydroxylation sites is 1. The number of carbonyl (C=O) groups is 1. The number of hydrogen-bond donors (Lipinski definition) is 1. The number of cyclic esters (lactones) is 1. The van der Waals surface area contributed by atoms with Gasteiger partial charge in [-0.05, 0) is 43.7 Å². The van der Waals surface area contributed by atoms with Crippen LogP contribution in [-0.2, 0) is 20.9 Å². The van der Waals surface area contributed by atoms with Gasteiger partial charge in [0.05, 0.1) is 24.5 Å². The first-order valence-corrected chi connectivity index (χ1v) is 8.27. The maximum atomic E-state index is 11.5. The molecule has 0 aliphatic carbocycles. The monoisotopic (exact) mass is 342 g/mol. The van der Waals surface area contributed by atoms with Crippen LogP contribution in [0.1, 0.15) is 25.8 Å². The third-order valence-electron chi connectivity index (χ3n) is 4.16. The van der Waals surface area contributed by atoms with Gasteiger partial charge in [0, 0.05) is 0 Å². The summed E-state index contributed by atoms with van der Waals surface area (Å²) in [5, 5.41) is 10.2. The van der Waals surface area contributed by atoms with Crippen molar-refractivity contribution in [3.63, 3.8) is 0 Å². The second-order valence-corrected chi connectivity index (χ2v) is 6.70. The fourth-order valence-corrected chi connectivity index (χ4v) is 2.77. The molecule has 0 radical (unpaired) electrons. The van der Waals surface area contributed by atoms with Crippen LogP contribution in [0.25, 0.3) is 0 Å². The molecule has 0 saturated carbocycles. The predicted octanol–water partition coefficient (Wildman–Crippen LogP) is 3.66. The van der Waals surface area contributed by atoms with Crippen LogP contribution in [0.2, 0.25) is 0 Å². The number of rotatable bonds is 6. The first-order valence-electron chi connectivity index (χ1n) is 8.27. The van der Waals surface area contributed by atoms with E-state index in [0.717, 1.165) is 11.3 Å². The lowest BCUT2D eigenvalue weighted by molar-refractivity contribution is -0.182. The summed E-state index contributed by atoms with van der Waals surface area (Å²) in [4.78, 5) is 11.5. The largest absolute Gasteiger partial charge is 0.457 e. The molecule has 1 aliphatic rings. The molecule has 5 heteroatoms. The highest BCUT2D eigenvalue weighted by molar-refractivity contribution is 5.72. The third kappa shape index (κ3) is 4.59. The standard InChI is InChI=1S/C20H22O5/c1-20(2,22)17-12-18(21)25-19(17)23-13-14-7-6-10-16(11-14)24-15-8-4-3-5-9-15/h3-11,17,19,22H,12-13H2,1-2H3/t17-,19-/m0/s1. The number of benzene rings is 2. The summed E-state index contributed by atoms with van der Waals surface area (Å²) in [5.41, 5.74) is -0.152. The van der Waals surface area contributed by atoms with Crippen molar-refractivity contribution in [3.8, 4) is 11.5 Å². The van der Waals surface area contributed by atoms with E-state index in [0.29, 0.717) is 5.75 Å². The van der Waals surface area contributed by atoms with Crippen LogP contribution >= 0.6 is 0 Å². The summed E-state index contributed by atoms with van der Waals surface area (Å²) < 4.78 is 16.7. The Morgan fingerprint density at radius 1 is 1.12 bits per heavy atom. The van der Waals surface area contributed by atoms with Gasteiger partial charge in [-0.2, -0.15) is 0 Å². The van der Waals surface area contributed by atoms with Gasteiger partial charge in [-0.15, -0.1) is 0 Å².